The van der Waals surface area contributed by atoms with Crippen LogP contribution in [0.25, 0.3) is 0 Å². The molecule has 4 heteroatoms. The number of hydrogen-bond donors (Lipinski definition) is 1. The third-order valence-electron chi connectivity index (χ3n) is 2.80. The van der Waals surface area contributed by atoms with Gasteiger partial charge in [0.25, 0.3) is 0 Å². The number of nitrogens with one attached hydrogen (secondary N) is 1. The zero-order chi connectivity index (χ0) is 9.80. The van der Waals surface area contributed by atoms with Crippen molar-refractivity contribution < 1.29 is 0 Å². The van der Waals surface area contributed by atoms with E-state index in [-0.39, 0.29) is 0 Å². The predicted molar refractivity (Wildman–Crippen MR) is 54.9 cm³/mol. The van der Waals surface area contributed by atoms with E-state index in [9.17, 15) is 0 Å². The van der Waals surface area contributed by atoms with E-state index in [0.29, 0.717) is 0 Å². The van der Waals surface area contributed by atoms with Gasteiger partial charge in [-0.2, -0.15) is 0 Å². The standard InChI is InChI=1S/C10H18N4/c1-14-8-10(12-13-14)6-9-4-2-3-5-11-7-9/h8-9,11H,2-7H2,1H3. The van der Waals surface area contributed by atoms with Gasteiger partial charge in [-0.15, -0.1) is 5.10 Å². The summed E-state index contributed by atoms with van der Waals surface area (Å²) < 4.78 is 1.78. The molecule has 78 valence electrons. The molecule has 1 saturated heterocycles. The molecule has 0 bridgehead atoms. The van der Waals surface area contributed by atoms with Crippen LogP contribution in [0.5, 0.6) is 0 Å². The quantitative estimate of drug-likeness (QED) is 0.755. The maximum absolute atomic E-state index is 4.13. The minimum atomic E-state index is 0.745. The van der Waals surface area contributed by atoms with Crippen LogP contribution in [0.3, 0.4) is 0 Å². The van der Waals surface area contributed by atoms with Crippen molar-refractivity contribution >= 4 is 0 Å². The topological polar surface area (TPSA) is 42.7 Å². The summed E-state index contributed by atoms with van der Waals surface area (Å²) in [6.07, 6.45) is 7.07. The Labute approximate surface area is 84.7 Å². The Morgan fingerprint density at radius 3 is 3.29 bits per heavy atom. The van der Waals surface area contributed by atoms with Crippen molar-refractivity contribution in [1.82, 2.24) is 20.3 Å². The van der Waals surface area contributed by atoms with Gasteiger partial charge in [-0.1, -0.05) is 11.6 Å². The molecule has 2 heterocycles. The Hall–Kier alpha value is -0.900. The van der Waals surface area contributed by atoms with Gasteiger partial charge in [-0.3, -0.25) is 4.68 Å². The summed E-state index contributed by atoms with van der Waals surface area (Å²) in [7, 11) is 1.92. The average molecular weight is 194 g/mol. The maximum Gasteiger partial charge on any atom is 0.0830 e. The van der Waals surface area contributed by atoms with E-state index in [1.807, 2.05) is 13.2 Å². The van der Waals surface area contributed by atoms with Crippen molar-refractivity contribution in [2.24, 2.45) is 13.0 Å². The lowest BCUT2D eigenvalue weighted by atomic mass is 9.98. The molecule has 14 heavy (non-hydrogen) atoms. The Morgan fingerprint density at radius 1 is 1.57 bits per heavy atom. The fraction of sp³-hybridized carbons (Fsp3) is 0.800. The van der Waals surface area contributed by atoms with Crippen LogP contribution in [-0.2, 0) is 13.5 Å². The summed E-state index contributed by atoms with van der Waals surface area (Å²) in [5.74, 6) is 0.745. The van der Waals surface area contributed by atoms with E-state index in [0.717, 1.165) is 24.6 Å². The SMILES string of the molecule is Cn1cc(CC2CCCCNC2)nn1. The van der Waals surface area contributed by atoms with Crippen LogP contribution in [0.2, 0.25) is 0 Å². The molecule has 1 aliphatic rings. The molecule has 0 radical (unpaired) electrons. The fourth-order valence-electron chi connectivity index (χ4n) is 2.05. The van der Waals surface area contributed by atoms with Crippen molar-refractivity contribution in [3.05, 3.63) is 11.9 Å². The molecule has 1 aliphatic heterocycles. The van der Waals surface area contributed by atoms with E-state index in [2.05, 4.69) is 15.6 Å². The highest BCUT2D eigenvalue weighted by Gasteiger charge is 2.13. The molecule has 1 N–H and O–H groups in total. The zero-order valence-corrected chi connectivity index (χ0v) is 8.74. The van der Waals surface area contributed by atoms with Crippen LogP contribution in [0.1, 0.15) is 25.0 Å². The number of aryl methyl sites for hydroxylation is 1. The Morgan fingerprint density at radius 2 is 2.50 bits per heavy atom. The van der Waals surface area contributed by atoms with E-state index >= 15 is 0 Å². The molecule has 2 rings (SSSR count). The number of rotatable bonds is 2. The highest BCUT2D eigenvalue weighted by Crippen LogP contribution is 2.15. The molecule has 4 nitrogen and oxygen atoms in total. The normalized spacial score (nSPS) is 23.4. The van der Waals surface area contributed by atoms with Crippen molar-refractivity contribution in [2.45, 2.75) is 25.7 Å². The molecular weight excluding hydrogens is 176 g/mol. The van der Waals surface area contributed by atoms with E-state index < -0.39 is 0 Å². The molecular formula is C10H18N4. The van der Waals surface area contributed by atoms with Crippen molar-refractivity contribution in [3.8, 4) is 0 Å². The summed E-state index contributed by atoms with van der Waals surface area (Å²) in [4.78, 5) is 0. The van der Waals surface area contributed by atoms with Crippen LogP contribution < -0.4 is 5.32 Å². The minimum Gasteiger partial charge on any atom is -0.316 e. The second-order valence-corrected chi connectivity index (χ2v) is 4.15. The first-order chi connectivity index (χ1) is 6.84. The first-order valence-corrected chi connectivity index (χ1v) is 5.40. The molecule has 0 aromatic carbocycles. The second-order valence-electron chi connectivity index (χ2n) is 4.15. The highest BCUT2D eigenvalue weighted by atomic mass is 15.4. The largest absolute Gasteiger partial charge is 0.316 e. The van der Waals surface area contributed by atoms with Gasteiger partial charge in [-0.05, 0) is 38.3 Å². The van der Waals surface area contributed by atoms with E-state index in [1.165, 1.54) is 25.8 Å². The number of aromatic nitrogens is 3. The van der Waals surface area contributed by atoms with Crippen LogP contribution in [0.4, 0.5) is 0 Å². The van der Waals surface area contributed by atoms with Gasteiger partial charge in [-0.25, -0.2) is 0 Å². The molecule has 0 spiro atoms. The first kappa shape index (κ1) is 9.65. The van der Waals surface area contributed by atoms with E-state index in [1.54, 1.807) is 4.68 Å². The summed E-state index contributed by atoms with van der Waals surface area (Å²) >= 11 is 0. The van der Waals surface area contributed by atoms with Crippen molar-refractivity contribution in [2.75, 3.05) is 13.1 Å². The fourth-order valence-corrected chi connectivity index (χ4v) is 2.05. The van der Waals surface area contributed by atoms with Crippen LogP contribution in [-0.4, -0.2) is 28.1 Å². The van der Waals surface area contributed by atoms with Gasteiger partial charge >= 0.3 is 0 Å². The van der Waals surface area contributed by atoms with Gasteiger partial charge in [0.15, 0.2) is 0 Å². The number of hydrogen-bond acceptors (Lipinski definition) is 3. The third-order valence-corrected chi connectivity index (χ3v) is 2.80. The lowest BCUT2D eigenvalue weighted by Gasteiger charge is -2.11. The molecule has 1 aromatic heterocycles. The summed E-state index contributed by atoms with van der Waals surface area (Å²) in [6, 6.07) is 0. The van der Waals surface area contributed by atoms with Crippen LogP contribution >= 0.6 is 0 Å². The van der Waals surface area contributed by atoms with E-state index in [4.69, 9.17) is 0 Å². The molecule has 1 atom stereocenters. The molecule has 0 saturated carbocycles. The van der Waals surface area contributed by atoms with Gasteiger partial charge < -0.3 is 5.32 Å². The Bertz CT molecular complexity index is 273. The third kappa shape index (κ3) is 2.54. The molecule has 0 aliphatic carbocycles. The summed E-state index contributed by atoms with van der Waals surface area (Å²) in [6.45, 7) is 2.31. The minimum absolute atomic E-state index is 0.745. The van der Waals surface area contributed by atoms with Gasteiger partial charge in [0.05, 0.1) is 5.69 Å². The molecule has 1 fully saturated rings. The van der Waals surface area contributed by atoms with Gasteiger partial charge in [0.1, 0.15) is 0 Å². The molecule has 1 unspecified atom stereocenters. The van der Waals surface area contributed by atoms with Crippen LogP contribution in [0.15, 0.2) is 6.20 Å². The Kier molecular flexibility index (Phi) is 3.14. The summed E-state index contributed by atoms with van der Waals surface area (Å²) in [5, 5.41) is 11.5. The second kappa shape index (κ2) is 4.55. The summed E-state index contributed by atoms with van der Waals surface area (Å²) in [5.41, 5.74) is 1.13. The molecule has 0 amide bonds. The van der Waals surface area contributed by atoms with Gasteiger partial charge in [0, 0.05) is 13.2 Å². The van der Waals surface area contributed by atoms with Crippen molar-refractivity contribution in [1.29, 1.82) is 0 Å². The van der Waals surface area contributed by atoms with Crippen molar-refractivity contribution in [3.63, 3.8) is 0 Å². The highest BCUT2D eigenvalue weighted by molar-refractivity contribution is 4.94. The predicted octanol–water partition coefficient (Wildman–Crippen LogP) is 0.747. The average Bonchev–Trinajstić information content (AvgIpc) is 2.43. The smallest absolute Gasteiger partial charge is 0.0830 e. The number of nitrogens with zero attached hydrogens (tertiary/aromatic N) is 3. The van der Waals surface area contributed by atoms with Crippen LogP contribution in [0, 0.1) is 5.92 Å². The Balaban J connectivity index is 1.89. The molecule has 1 aromatic rings. The first-order valence-electron chi connectivity index (χ1n) is 5.40. The maximum atomic E-state index is 4.13. The monoisotopic (exact) mass is 194 g/mol. The zero-order valence-electron chi connectivity index (χ0n) is 8.74. The lowest BCUT2D eigenvalue weighted by Crippen LogP contribution is -2.22. The van der Waals surface area contributed by atoms with Gasteiger partial charge in [0.2, 0.25) is 0 Å². The lowest BCUT2D eigenvalue weighted by molar-refractivity contribution is 0.472.